The Bertz CT molecular complexity index is 4370. The molecule has 4 N–H and O–H groups in total. The third kappa shape index (κ3) is 25.4. The summed E-state index contributed by atoms with van der Waals surface area (Å²) in [6.07, 6.45) is 41.8. The predicted molar refractivity (Wildman–Crippen MR) is 455 cm³/mol. The number of pyridine rings is 1. The summed E-state index contributed by atoms with van der Waals surface area (Å²) in [6.45, 7) is 24.4. The van der Waals surface area contributed by atoms with Crippen molar-refractivity contribution in [2.75, 3.05) is 19.6 Å². The van der Waals surface area contributed by atoms with Crippen LogP contribution in [-0.2, 0) is 132 Å². The van der Waals surface area contributed by atoms with E-state index in [-0.39, 0.29) is 190 Å². The SMILES string of the molecule is CC[C@@H]1[C@@H]2CN(C(=O)[C@H](C(C)(C)C)CC(=O)O[C@@H]3CCC[C@H]3CCCCCc3cn4ccnc4cc3O2)[C@@H]1[C-]=O.CC[C@@H]1[C@@H]2CN(C(=O)[C@H](C(C)(C)C)CC(=O)O[C@@H]3CCC[C@H]3CCCCCc3nc(C=CN)ncc3O2)[C@@H]1[C-]=O.CC[C@@H]1[C@@H]2CN(C(=O)[C@H](C(C)(C)C)CC(=O)O[C@@H]3CCC[C@H]3CCCCCn3c(nc(C=CN)nc3=O)O2)[C@@H]1[C-]=O.[V].[V].[V]. The van der Waals surface area contributed by atoms with Gasteiger partial charge < -0.3 is 73.4 Å². The number of amides is 3. The second kappa shape index (κ2) is 46.6. The van der Waals surface area contributed by atoms with Crippen molar-refractivity contribution in [3.05, 3.63) is 76.6 Å². The van der Waals surface area contributed by atoms with Crippen LogP contribution in [0, 0.1) is 69.5 Å². The predicted octanol–water partition coefficient (Wildman–Crippen LogP) is 12.7. The molecule has 3 aliphatic carbocycles. The number of carbonyl (C=O) groups excluding carboxylic acids is 9. The maximum Gasteiger partial charge on any atom is 0.353 e. The van der Waals surface area contributed by atoms with Crippen molar-refractivity contribution in [3.63, 3.8) is 0 Å². The van der Waals surface area contributed by atoms with E-state index in [2.05, 4.69) is 45.0 Å². The Hall–Kier alpha value is -7.36. The molecule has 0 spiro atoms. The first-order valence-electron chi connectivity index (χ1n) is 45.1. The van der Waals surface area contributed by atoms with Gasteiger partial charge in [-0.1, -0.05) is 159 Å². The van der Waals surface area contributed by atoms with E-state index in [0.29, 0.717) is 62.1 Å². The number of nitrogens with zero attached hydrogens (tertiary/aromatic N) is 10. The van der Waals surface area contributed by atoms with E-state index >= 15 is 0 Å². The number of aromatic nitrogens is 7. The molecular formula is C93H133N12O16V3-3. The minimum atomic E-state index is -0.856. The Morgan fingerprint density at radius 2 is 0.855 bits per heavy atom. The molecule has 3 saturated heterocycles. The van der Waals surface area contributed by atoms with E-state index in [1.807, 2.05) is 99.7 Å². The fourth-order valence-electron chi connectivity index (χ4n) is 20.2. The molecule has 6 fully saturated rings. The third-order valence-electron chi connectivity index (χ3n) is 27.2. The molecule has 124 heavy (non-hydrogen) atoms. The van der Waals surface area contributed by atoms with Crippen molar-refractivity contribution in [2.24, 2.45) is 81.0 Å². The number of aryl methyl sites for hydroxylation is 2. The number of imidazole rings is 1. The van der Waals surface area contributed by atoms with E-state index in [9.17, 15) is 47.9 Å². The summed E-state index contributed by atoms with van der Waals surface area (Å²) in [5.41, 5.74) is 11.8. The van der Waals surface area contributed by atoms with Crippen molar-refractivity contribution in [2.45, 2.75) is 331 Å². The van der Waals surface area contributed by atoms with Crippen LogP contribution in [0.5, 0.6) is 17.5 Å². The van der Waals surface area contributed by atoms with Gasteiger partial charge in [0.25, 0.3) is 0 Å². The van der Waals surface area contributed by atoms with E-state index in [4.69, 9.17) is 44.9 Å². The molecule has 10 heterocycles. The second-order valence-corrected chi connectivity index (χ2v) is 38.3. The fourth-order valence-corrected chi connectivity index (χ4v) is 20.2. The van der Waals surface area contributed by atoms with Gasteiger partial charge in [0.15, 0.2) is 17.4 Å². The average molecular weight is 1830 g/mol. The third-order valence-corrected chi connectivity index (χ3v) is 27.2. The van der Waals surface area contributed by atoms with Gasteiger partial charge in [-0.15, -0.1) is 0 Å². The molecule has 6 aliphatic heterocycles. The zero-order valence-corrected chi connectivity index (χ0v) is 79.1. The van der Waals surface area contributed by atoms with Crippen molar-refractivity contribution in [3.8, 4) is 17.5 Å². The van der Waals surface area contributed by atoms with Crippen molar-refractivity contribution >= 4 is 72.3 Å². The number of hydrogen-bond acceptors (Lipinski definition) is 23. The molecule has 3 saturated carbocycles. The zero-order valence-electron chi connectivity index (χ0n) is 74.9. The summed E-state index contributed by atoms with van der Waals surface area (Å²) in [4.78, 5) is 158. The van der Waals surface area contributed by atoms with Gasteiger partial charge in [-0.05, 0) is 185 Å². The molecule has 3 amide bonds. The standard InChI is InChI=1S/C32H44N3O5.C31H45N4O5.C30H44N5O6.3V/c1-5-23-25(20-36)35-19-28(23)39-27-17-29-33-14-15-34(29)18-22(27)11-8-6-7-10-21-12-9-13-26(21)40-30(37)16-24(31(35)38)32(2,3)4;1-5-21-24(19-36)35-18-27(21)39-26-17-33-28(14-15-32)34-23(26)12-8-6-7-10-20-11-9-13-25(20)40-29(37)16-22(30(35)38)31(2,3)4;1-5-20-22(18-36)35-17-24(20)41-29-33-25(13-14-31)32-28(39)34(29)15-8-6-7-10-19-11-9-12-23(19)40-26(37)16-21(27(35)38)30(2,3)4;;;/h14-15,17-18,21,23-26,28H,5-13,16,19H2,1-4H3;14-15,17,20-22,24-25,27H,5-13,16,18,32H2,1-4H3;13-14,19-24H,5-12,15-17,31H2,1-4H3;;;/q3*-1;;;/t21-,23+,24-,25-,26-,28+;20-,21+,22-,24-,25-,27+;19-,20+,21-,22-,23-,24+;;;/m111.../s1. The number of nitrogens with two attached hydrogens (primary N) is 2. The Labute approximate surface area is 768 Å². The van der Waals surface area contributed by atoms with Crippen molar-refractivity contribution in [1.82, 2.24) is 48.6 Å². The van der Waals surface area contributed by atoms with Crippen LogP contribution in [0.2, 0.25) is 0 Å². The normalized spacial score (nSPS) is 29.8. The van der Waals surface area contributed by atoms with Crippen LogP contribution in [0.3, 0.4) is 0 Å². The zero-order chi connectivity index (χ0) is 87.0. The van der Waals surface area contributed by atoms with Crippen molar-refractivity contribution in [1.29, 1.82) is 0 Å². The molecular weight excluding hydrogens is 1690 g/mol. The summed E-state index contributed by atoms with van der Waals surface area (Å²) in [5.74, 6) is -1.48. The Morgan fingerprint density at radius 1 is 0.452 bits per heavy atom. The van der Waals surface area contributed by atoms with Crippen LogP contribution in [0.4, 0.5) is 0 Å². The van der Waals surface area contributed by atoms with E-state index in [0.717, 1.165) is 157 Å². The van der Waals surface area contributed by atoms with Crippen LogP contribution in [-0.4, -0.2) is 177 Å². The van der Waals surface area contributed by atoms with E-state index in [1.165, 1.54) is 27.9 Å². The van der Waals surface area contributed by atoms with E-state index < -0.39 is 70.0 Å². The van der Waals surface area contributed by atoms with Gasteiger partial charge in [-0.2, -0.15) is 9.97 Å². The Morgan fingerprint density at radius 3 is 1.27 bits per heavy atom. The van der Waals surface area contributed by atoms with Crippen LogP contribution in [0.15, 0.2) is 48.0 Å². The van der Waals surface area contributed by atoms with Crippen LogP contribution >= 0.6 is 0 Å². The first kappa shape index (κ1) is 102. The minimum Gasteiger partial charge on any atom is -0.540 e. The maximum absolute atomic E-state index is 14.1. The fraction of sp³-hybridized carbons (Fsp3) is 0.710. The van der Waals surface area contributed by atoms with Gasteiger partial charge in [-0.25, -0.2) is 43.2 Å². The van der Waals surface area contributed by atoms with Gasteiger partial charge >= 0.3 is 29.6 Å². The van der Waals surface area contributed by atoms with Gasteiger partial charge in [0.05, 0.1) is 68.5 Å². The Kier molecular flexibility index (Phi) is 38.3. The Balaban J connectivity index is 0.000000228. The summed E-state index contributed by atoms with van der Waals surface area (Å²) in [5, 5.41) is 0. The molecule has 0 unspecified atom stereocenters. The van der Waals surface area contributed by atoms with Crippen LogP contribution < -0.4 is 31.4 Å². The molecule has 4 aromatic rings. The summed E-state index contributed by atoms with van der Waals surface area (Å²) >= 11 is 0. The van der Waals surface area contributed by atoms with Crippen molar-refractivity contribution < 1.29 is 127 Å². The monoisotopic (exact) mass is 1830 g/mol. The molecule has 6 bridgehead atoms. The molecule has 13 rings (SSSR count). The van der Waals surface area contributed by atoms with Crippen LogP contribution in [0.25, 0.3) is 17.8 Å². The van der Waals surface area contributed by atoms with Gasteiger partial charge in [-0.3, -0.25) is 28.8 Å². The van der Waals surface area contributed by atoms with Gasteiger partial charge in [0, 0.05) is 92.4 Å². The van der Waals surface area contributed by atoms with Crippen LogP contribution in [0.1, 0.15) is 279 Å². The molecule has 4 aromatic heterocycles. The molecule has 31 heteroatoms. The molecule has 0 aromatic carbocycles. The number of ether oxygens (including phenoxy) is 6. The molecule has 18 atom stereocenters. The number of rotatable bonds is 8. The molecule has 28 nitrogen and oxygen atoms in total. The van der Waals surface area contributed by atoms with E-state index in [1.54, 1.807) is 28.3 Å². The smallest absolute Gasteiger partial charge is 0.353 e. The summed E-state index contributed by atoms with van der Waals surface area (Å²) in [7, 11) is 0. The largest absolute Gasteiger partial charge is 0.540 e. The average Bonchev–Trinajstić information content (AvgIpc) is 1.64. The second-order valence-electron chi connectivity index (χ2n) is 38.3. The molecule has 9 aliphatic rings. The quantitative estimate of drug-likeness (QED) is 0.0940. The number of esters is 3. The number of carbonyl (C=O) groups is 6. The number of fused-ring (bicyclic) bond motifs is 13. The first-order chi connectivity index (χ1) is 57.9. The van der Waals surface area contributed by atoms with Gasteiger partial charge in [0.2, 0.25) is 17.7 Å². The topological polar surface area (TPSA) is 362 Å². The molecule has 3 radical (unpaired) electrons. The summed E-state index contributed by atoms with van der Waals surface area (Å²) < 4.78 is 41.0. The van der Waals surface area contributed by atoms with Gasteiger partial charge in [0.1, 0.15) is 48.0 Å². The molecule has 679 valence electrons. The summed E-state index contributed by atoms with van der Waals surface area (Å²) in [6, 6.07) is -0.267. The number of hydrogen-bond donors (Lipinski definition) is 2. The first-order valence-corrected chi connectivity index (χ1v) is 45.1. The minimum absolute atomic E-state index is 0. The maximum atomic E-state index is 14.1.